The summed E-state index contributed by atoms with van der Waals surface area (Å²) in [7, 11) is 0. The van der Waals surface area contributed by atoms with Gasteiger partial charge in [0.1, 0.15) is 24.2 Å². The van der Waals surface area contributed by atoms with Crippen LogP contribution >= 0.6 is 0 Å². The second-order valence-corrected chi connectivity index (χ2v) is 4.62. The van der Waals surface area contributed by atoms with E-state index in [2.05, 4.69) is 0 Å². The molecule has 0 aliphatic carbocycles. The van der Waals surface area contributed by atoms with Crippen LogP contribution in [0.2, 0.25) is 0 Å². The van der Waals surface area contributed by atoms with E-state index in [1.54, 1.807) is 22.8 Å². The maximum Gasteiger partial charge on any atom is 0.218 e. The molecule has 0 atom stereocenters. The van der Waals surface area contributed by atoms with Gasteiger partial charge in [0.15, 0.2) is 0 Å². The molecule has 1 aromatic heterocycles. The van der Waals surface area contributed by atoms with E-state index in [0.29, 0.717) is 42.6 Å². The van der Waals surface area contributed by atoms with Crippen LogP contribution in [-0.4, -0.2) is 24.4 Å². The molecule has 1 heterocycles. The Morgan fingerprint density at radius 3 is 2.77 bits per heavy atom. The normalized spacial score (nSPS) is 10.4. The lowest BCUT2D eigenvalue weighted by Crippen LogP contribution is -2.12. The first-order chi connectivity index (χ1) is 10.7. The third kappa shape index (κ3) is 3.57. The predicted octanol–water partition coefficient (Wildman–Crippen LogP) is 2.54. The second kappa shape index (κ2) is 7.48. The summed E-state index contributed by atoms with van der Waals surface area (Å²) in [5, 5.41) is 9.21. The number of hydrogen-bond donors (Lipinski definition) is 1. The number of halogens is 1. The molecule has 0 amide bonds. The molecule has 0 unspecified atom stereocenters. The Morgan fingerprint density at radius 1 is 1.32 bits per heavy atom. The van der Waals surface area contributed by atoms with Crippen LogP contribution in [0.3, 0.4) is 0 Å². The van der Waals surface area contributed by atoms with Crippen LogP contribution in [0.5, 0.6) is 5.88 Å². The fraction of sp³-hybridized carbons (Fsp3) is 0.312. The average Bonchev–Trinajstić information content (AvgIpc) is 2.82. The Bertz CT molecular complexity index is 677. The molecule has 0 bridgehead atoms. The maximum absolute atomic E-state index is 13.8. The summed E-state index contributed by atoms with van der Waals surface area (Å²) in [5.41, 5.74) is 7.03. The minimum Gasteiger partial charge on any atom is -0.475 e. The predicted molar refractivity (Wildman–Crippen MR) is 81.0 cm³/mol. The van der Waals surface area contributed by atoms with Crippen molar-refractivity contribution in [2.75, 3.05) is 25.6 Å². The highest BCUT2D eigenvalue weighted by atomic mass is 19.1. The molecule has 1 aromatic carbocycles. The fourth-order valence-electron chi connectivity index (χ4n) is 2.10. The van der Waals surface area contributed by atoms with Gasteiger partial charge in [-0.2, -0.15) is 5.26 Å². The molecule has 0 saturated heterocycles. The quantitative estimate of drug-likeness (QED) is 0.798. The smallest absolute Gasteiger partial charge is 0.218 e. The monoisotopic (exact) mass is 303 g/mol. The Labute approximate surface area is 128 Å². The van der Waals surface area contributed by atoms with Crippen molar-refractivity contribution >= 4 is 5.69 Å². The number of nitrogen functional groups attached to an aromatic ring is 1. The molecule has 2 rings (SSSR count). The molecule has 0 aliphatic rings. The van der Waals surface area contributed by atoms with E-state index < -0.39 is 0 Å². The van der Waals surface area contributed by atoms with Gasteiger partial charge in [-0.25, -0.2) is 4.39 Å². The molecule has 2 N–H and O–H groups in total. The minimum atomic E-state index is -0.334. The number of aromatic nitrogens is 1. The number of benzene rings is 1. The highest BCUT2D eigenvalue weighted by Crippen LogP contribution is 2.28. The number of nitrogens with two attached hydrogens (primary N) is 1. The number of anilines is 1. The van der Waals surface area contributed by atoms with Crippen molar-refractivity contribution in [1.29, 1.82) is 5.26 Å². The molecule has 0 saturated carbocycles. The van der Waals surface area contributed by atoms with Gasteiger partial charge in [-0.15, -0.1) is 0 Å². The molecular formula is C16H18FN3O2. The van der Waals surface area contributed by atoms with Crippen molar-refractivity contribution in [1.82, 2.24) is 4.57 Å². The number of hydrogen-bond acceptors (Lipinski definition) is 4. The largest absolute Gasteiger partial charge is 0.475 e. The molecule has 116 valence electrons. The van der Waals surface area contributed by atoms with Crippen LogP contribution in [0.4, 0.5) is 10.1 Å². The number of nitrogens with zero attached hydrogens (tertiary/aromatic N) is 2. The third-order valence-electron chi connectivity index (χ3n) is 3.15. The molecule has 0 fully saturated rings. The third-order valence-corrected chi connectivity index (χ3v) is 3.15. The van der Waals surface area contributed by atoms with Gasteiger partial charge in [0.25, 0.3) is 0 Å². The van der Waals surface area contributed by atoms with E-state index in [-0.39, 0.29) is 12.4 Å². The Kier molecular flexibility index (Phi) is 5.39. The van der Waals surface area contributed by atoms with Gasteiger partial charge < -0.3 is 15.2 Å². The molecule has 0 radical (unpaired) electrons. The zero-order valence-corrected chi connectivity index (χ0v) is 12.4. The maximum atomic E-state index is 13.8. The summed E-state index contributed by atoms with van der Waals surface area (Å²) in [6, 6.07) is 9.98. The minimum absolute atomic E-state index is 0.177. The number of nitriles is 1. The fourth-order valence-corrected chi connectivity index (χ4v) is 2.10. The van der Waals surface area contributed by atoms with E-state index in [0.717, 1.165) is 0 Å². The first kappa shape index (κ1) is 15.9. The summed E-state index contributed by atoms with van der Waals surface area (Å²) in [5.74, 6) is 0.0263. The van der Waals surface area contributed by atoms with E-state index in [1.807, 2.05) is 13.0 Å². The summed E-state index contributed by atoms with van der Waals surface area (Å²) < 4.78 is 26.2. The van der Waals surface area contributed by atoms with E-state index in [1.165, 1.54) is 12.1 Å². The van der Waals surface area contributed by atoms with Crippen molar-refractivity contribution in [3.63, 3.8) is 0 Å². The van der Waals surface area contributed by atoms with E-state index in [4.69, 9.17) is 15.2 Å². The second-order valence-electron chi connectivity index (χ2n) is 4.62. The Morgan fingerprint density at radius 2 is 2.09 bits per heavy atom. The van der Waals surface area contributed by atoms with Gasteiger partial charge in [0, 0.05) is 18.2 Å². The molecule has 6 heteroatoms. The SMILES string of the molecule is CCOCCOc1c(N)cc(C#N)n1Cc1ccccc1F. The molecular weight excluding hydrogens is 285 g/mol. The first-order valence-corrected chi connectivity index (χ1v) is 7.00. The van der Waals surface area contributed by atoms with Gasteiger partial charge in [-0.1, -0.05) is 18.2 Å². The van der Waals surface area contributed by atoms with Crippen LogP contribution in [-0.2, 0) is 11.3 Å². The Hall–Kier alpha value is -2.52. The summed E-state index contributed by atoms with van der Waals surface area (Å²) in [6.07, 6.45) is 0. The number of rotatable bonds is 7. The average molecular weight is 303 g/mol. The van der Waals surface area contributed by atoms with Crippen LogP contribution in [0.15, 0.2) is 30.3 Å². The van der Waals surface area contributed by atoms with Crippen LogP contribution < -0.4 is 10.5 Å². The lowest BCUT2D eigenvalue weighted by atomic mass is 10.2. The van der Waals surface area contributed by atoms with Crippen LogP contribution in [0.1, 0.15) is 18.2 Å². The van der Waals surface area contributed by atoms with Crippen LogP contribution in [0.25, 0.3) is 0 Å². The first-order valence-electron chi connectivity index (χ1n) is 7.00. The van der Waals surface area contributed by atoms with Crippen molar-refractivity contribution < 1.29 is 13.9 Å². The van der Waals surface area contributed by atoms with Gasteiger partial charge >= 0.3 is 0 Å². The zero-order chi connectivity index (χ0) is 15.9. The Balaban J connectivity index is 2.25. The molecule has 0 aliphatic heterocycles. The summed E-state index contributed by atoms with van der Waals surface area (Å²) in [6.45, 7) is 3.39. The van der Waals surface area contributed by atoms with E-state index in [9.17, 15) is 9.65 Å². The van der Waals surface area contributed by atoms with Crippen molar-refractivity contribution in [3.8, 4) is 11.9 Å². The topological polar surface area (TPSA) is 73.2 Å². The molecule has 5 nitrogen and oxygen atoms in total. The number of ether oxygens (including phenoxy) is 2. The van der Waals surface area contributed by atoms with Gasteiger partial charge in [0.05, 0.1) is 18.8 Å². The standard InChI is InChI=1S/C16H18FN3O2/c1-2-21-7-8-22-16-15(19)9-13(10-18)20(16)11-12-5-3-4-6-14(12)17/h3-6,9H,2,7-8,11,19H2,1H3. The zero-order valence-electron chi connectivity index (χ0n) is 12.4. The molecule has 2 aromatic rings. The van der Waals surface area contributed by atoms with Crippen molar-refractivity contribution in [3.05, 3.63) is 47.4 Å². The molecule has 22 heavy (non-hydrogen) atoms. The van der Waals surface area contributed by atoms with Crippen molar-refractivity contribution in [2.45, 2.75) is 13.5 Å². The lowest BCUT2D eigenvalue weighted by Gasteiger charge is -2.13. The summed E-state index contributed by atoms with van der Waals surface area (Å²) in [4.78, 5) is 0. The highest BCUT2D eigenvalue weighted by molar-refractivity contribution is 5.55. The highest BCUT2D eigenvalue weighted by Gasteiger charge is 2.16. The van der Waals surface area contributed by atoms with Crippen LogP contribution in [0, 0.1) is 17.1 Å². The van der Waals surface area contributed by atoms with Gasteiger partial charge in [-0.05, 0) is 13.0 Å². The molecule has 0 spiro atoms. The van der Waals surface area contributed by atoms with Gasteiger partial charge in [0.2, 0.25) is 5.88 Å². The summed E-state index contributed by atoms with van der Waals surface area (Å²) >= 11 is 0. The van der Waals surface area contributed by atoms with E-state index >= 15 is 0 Å². The van der Waals surface area contributed by atoms with Crippen molar-refractivity contribution in [2.24, 2.45) is 0 Å². The van der Waals surface area contributed by atoms with Gasteiger partial charge in [-0.3, -0.25) is 4.57 Å². The lowest BCUT2D eigenvalue weighted by molar-refractivity contribution is 0.107.